The highest BCUT2D eigenvalue weighted by Crippen LogP contribution is 2.35. The Labute approximate surface area is 175 Å². The molecular weight excluding hydrogens is 425 g/mol. The maximum atomic E-state index is 12.6. The minimum absolute atomic E-state index is 0.0240. The van der Waals surface area contributed by atoms with Crippen molar-refractivity contribution in [1.29, 1.82) is 0 Å². The van der Waals surface area contributed by atoms with E-state index in [0.717, 1.165) is 11.0 Å². The van der Waals surface area contributed by atoms with Crippen LogP contribution in [-0.2, 0) is 20.6 Å². The molecule has 162 valence electrons. The van der Waals surface area contributed by atoms with Crippen LogP contribution in [0, 0.1) is 11.8 Å². The van der Waals surface area contributed by atoms with Crippen molar-refractivity contribution in [3.8, 4) is 0 Å². The fraction of sp³-hybridized carbons (Fsp3) is 0.474. The van der Waals surface area contributed by atoms with Crippen LogP contribution in [0.5, 0.6) is 0 Å². The number of imide groups is 1. The van der Waals surface area contributed by atoms with Gasteiger partial charge < -0.3 is 10.6 Å². The number of likely N-dealkylation sites (tertiary alicyclic amines) is 1. The van der Waals surface area contributed by atoms with E-state index in [0.29, 0.717) is 19.0 Å². The summed E-state index contributed by atoms with van der Waals surface area (Å²) in [5.41, 5.74) is -0.951. The van der Waals surface area contributed by atoms with Crippen molar-refractivity contribution in [2.45, 2.75) is 25.4 Å². The first-order valence-electron chi connectivity index (χ1n) is 9.42. The molecule has 0 unspecified atom stereocenters. The molecule has 0 aromatic carbocycles. The Morgan fingerprint density at radius 2 is 1.80 bits per heavy atom. The van der Waals surface area contributed by atoms with Crippen LogP contribution in [0.15, 0.2) is 24.4 Å². The minimum Gasteiger partial charge on any atom is -0.367 e. The summed E-state index contributed by atoms with van der Waals surface area (Å²) in [7, 11) is 0. The van der Waals surface area contributed by atoms with E-state index in [9.17, 15) is 27.6 Å². The molecule has 7 nitrogen and oxygen atoms in total. The number of pyridine rings is 1. The molecule has 1 fully saturated rings. The Hall–Kier alpha value is -2.62. The molecule has 0 radical (unpaired) electrons. The number of alkyl halides is 3. The van der Waals surface area contributed by atoms with Gasteiger partial charge in [0.15, 0.2) is 0 Å². The molecule has 11 heteroatoms. The van der Waals surface area contributed by atoms with Crippen molar-refractivity contribution in [3.63, 3.8) is 0 Å². The molecule has 0 spiro atoms. The minimum atomic E-state index is -4.53. The van der Waals surface area contributed by atoms with Crippen molar-refractivity contribution in [3.05, 3.63) is 35.0 Å². The lowest BCUT2D eigenvalue weighted by Crippen LogP contribution is -2.36. The maximum absolute atomic E-state index is 12.6. The molecule has 2 atom stereocenters. The SMILES string of the molecule is O=C(CCN1C(=O)[C@@H]2CC=CC[C@H]2C1=O)NCCNc1ncc(C(F)(F)F)cc1Cl. The molecule has 2 aliphatic rings. The van der Waals surface area contributed by atoms with Crippen molar-refractivity contribution in [2.24, 2.45) is 11.8 Å². The first-order valence-corrected chi connectivity index (χ1v) is 9.80. The van der Waals surface area contributed by atoms with Gasteiger partial charge in [0.05, 0.1) is 22.4 Å². The molecule has 30 heavy (non-hydrogen) atoms. The highest BCUT2D eigenvalue weighted by Gasteiger charge is 2.46. The summed E-state index contributed by atoms with van der Waals surface area (Å²) in [5, 5.41) is 5.17. The lowest BCUT2D eigenvalue weighted by molar-refractivity contribution is -0.140. The number of nitrogens with one attached hydrogen (secondary N) is 2. The summed E-state index contributed by atoms with van der Waals surface area (Å²) < 4.78 is 37.8. The Bertz CT molecular complexity index is 849. The average molecular weight is 445 g/mol. The number of anilines is 1. The number of aromatic nitrogens is 1. The standard InChI is InChI=1S/C19H20ClF3N4O3/c20-14-9-11(19(21,22)23)10-26-16(14)25-7-6-24-15(28)5-8-27-17(29)12-3-1-2-4-13(12)18(27)30/h1-2,9-10,12-13H,3-8H2,(H,24,28)(H,25,26)/t12-,13-/m1/s1. The fourth-order valence-electron chi connectivity index (χ4n) is 3.50. The van der Waals surface area contributed by atoms with Crippen LogP contribution in [0.25, 0.3) is 0 Å². The van der Waals surface area contributed by atoms with E-state index in [1.54, 1.807) is 0 Å². The first-order chi connectivity index (χ1) is 14.2. The predicted octanol–water partition coefficient (Wildman–Crippen LogP) is 2.62. The van der Waals surface area contributed by atoms with Gasteiger partial charge in [-0.15, -0.1) is 0 Å². The Balaban J connectivity index is 1.40. The number of amides is 3. The zero-order chi connectivity index (χ0) is 21.9. The van der Waals surface area contributed by atoms with Crippen LogP contribution in [0.2, 0.25) is 5.02 Å². The molecule has 1 saturated heterocycles. The summed E-state index contributed by atoms with van der Waals surface area (Å²) in [6.45, 7) is 0.367. The molecular formula is C19H20ClF3N4O3. The normalized spacial score (nSPS) is 21.0. The number of hydrogen-bond acceptors (Lipinski definition) is 5. The van der Waals surface area contributed by atoms with Crippen molar-refractivity contribution < 1.29 is 27.6 Å². The molecule has 3 rings (SSSR count). The van der Waals surface area contributed by atoms with Crippen molar-refractivity contribution >= 4 is 35.1 Å². The largest absolute Gasteiger partial charge is 0.417 e. The monoisotopic (exact) mass is 444 g/mol. The number of fused-ring (bicyclic) bond motifs is 1. The van der Waals surface area contributed by atoms with Gasteiger partial charge >= 0.3 is 6.18 Å². The third kappa shape index (κ3) is 4.92. The zero-order valence-electron chi connectivity index (χ0n) is 15.8. The van der Waals surface area contributed by atoms with E-state index in [-0.39, 0.29) is 66.5 Å². The highest BCUT2D eigenvalue weighted by atomic mass is 35.5. The van der Waals surface area contributed by atoms with Gasteiger partial charge in [-0.25, -0.2) is 4.98 Å². The highest BCUT2D eigenvalue weighted by molar-refractivity contribution is 6.32. The van der Waals surface area contributed by atoms with E-state index in [2.05, 4.69) is 15.6 Å². The lowest BCUT2D eigenvalue weighted by Gasteiger charge is -2.14. The Morgan fingerprint density at radius 3 is 2.37 bits per heavy atom. The van der Waals surface area contributed by atoms with Crippen LogP contribution in [0.3, 0.4) is 0 Å². The van der Waals surface area contributed by atoms with Crippen LogP contribution < -0.4 is 10.6 Å². The van der Waals surface area contributed by atoms with Gasteiger partial charge in [0, 0.05) is 32.3 Å². The molecule has 1 aliphatic carbocycles. The van der Waals surface area contributed by atoms with E-state index < -0.39 is 11.7 Å². The molecule has 0 saturated carbocycles. The number of allylic oxidation sites excluding steroid dienone is 2. The van der Waals surface area contributed by atoms with Crippen LogP contribution in [0.1, 0.15) is 24.8 Å². The fourth-order valence-corrected chi connectivity index (χ4v) is 3.73. The number of carbonyl (C=O) groups excluding carboxylic acids is 3. The molecule has 1 aromatic rings. The number of rotatable bonds is 7. The zero-order valence-corrected chi connectivity index (χ0v) is 16.6. The smallest absolute Gasteiger partial charge is 0.367 e. The Kier molecular flexibility index (Phi) is 6.64. The summed E-state index contributed by atoms with van der Waals surface area (Å²) in [5.74, 6) is -1.38. The van der Waals surface area contributed by atoms with Crippen LogP contribution >= 0.6 is 11.6 Å². The number of nitrogens with zero attached hydrogens (tertiary/aromatic N) is 2. The van der Waals surface area contributed by atoms with Gasteiger partial charge in [-0.05, 0) is 18.9 Å². The second-order valence-corrected chi connectivity index (χ2v) is 7.47. The second-order valence-electron chi connectivity index (χ2n) is 7.06. The van der Waals surface area contributed by atoms with E-state index in [1.807, 2.05) is 12.2 Å². The van der Waals surface area contributed by atoms with E-state index in [1.165, 1.54) is 0 Å². The quantitative estimate of drug-likeness (QED) is 0.383. The van der Waals surface area contributed by atoms with Gasteiger partial charge in [0.1, 0.15) is 5.82 Å². The molecule has 1 aliphatic heterocycles. The molecule has 2 heterocycles. The van der Waals surface area contributed by atoms with Crippen molar-refractivity contribution in [2.75, 3.05) is 25.0 Å². The van der Waals surface area contributed by atoms with Crippen LogP contribution in [-0.4, -0.2) is 47.2 Å². The van der Waals surface area contributed by atoms with Gasteiger partial charge in [0.2, 0.25) is 17.7 Å². The number of halogens is 4. The molecule has 1 aromatic heterocycles. The first kappa shape index (κ1) is 22.1. The van der Waals surface area contributed by atoms with E-state index in [4.69, 9.17) is 11.6 Å². The lowest BCUT2D eigenvalue weighted by atomic mass is 9.85. The van der Waals surface area contributed by atoms with Crippen LogP contribution in [0.4, 0.5) is 19.0 Å². The molecule has 0 bridgehead atoms. The molecule has 3 amide bonds. The van der Waals surface area contributed by atoms with Gasteiger partial charge in [-0.2, -0.15) is 13.2 Å². The molecule has 2 N–H and O–H groups in total. The van der Waals surface area contributed by atoms with Crippen molar-refractivity contribution in [1.82, 2.24) is 15.2 Å². The van der Waals surface area contributed by atoms with E-state index >= 15 is 0 Å². The summed E-state index contributed by atoms with van der Waals surface area (Å²) >= 11 is 5.79. The predicted molar refractivity (Wildman–Crippen MR) is 102 cm³/mol. The number of hydrogen-bond donors (Lipinski definition) is 2. The third-order valence-electron chi connectivity index (χ3n) is 5.07. The topological polar surface area (TPSA) is 91.4 Å². The van der Waals surface area contributed by atoms with Gasteiger partial charge in [0.25, 0.3) is 0 Å². The average Bonchev–Trinajstić information content (AvgIpc) is 2.94. The van der Waals surface area contributed by atoms with Gasteiger partial charge in [-0.1, -0.05) is 23.8 Å². The maximum Gasteiger partial charge on any atom is 0.417 e. The summed E-state index contributed by atoms with van der Waals surface area (Å²) in [4.78, 5) is 41.5. The third-order valence-corrected chi connectivity index (χ3v) is 5.36. The number of carbonyl (C=O) groups is 3. The second kappa shape index (κ2) is 9.03. The Morgan fingerprint density at radius 1 is 1.17 bits per heavy atom. The van der Waals surface area contributed by atoms with Gasteiger partial charge in [-0.3, -0.25) is 19.3 Å². The summed E-state index contributed by atoms with van der Waals surface area (Å²) in [6, 6.07) is 0.771. The summed E-state index contributed by atoms with van der Waals surface area (Å²) in [6.07, 6.45) is 0.998.